The lowest BCUT2D eigenvalue weighted by molar-refractivity contribution is -0.303. The second-order valence-electron chi connectivity index (χ2n) is 4.22. The Kier molecular flexibility index (Phi) is 3.88. The molecule has 0 bridgehead atoms. The van der Waals surface area contributed by atoms with E-state index in [-0.39, 0.29) is 0 Å². The first-order valence-corrected chi connectivity index (χ1v) is 7.65. The van der Waals surface area contributed by atoms with Crippen LogP contribution in [-0.2, 0) is 10.0 Å². The van der Waals surface area contributed by atoms with Crippen LogP contribution in [0.5, 0.6) is 0 Å². The number of amides is 1. The predicted octanol–water partition coefficient (Wildman–Crippen LogP) is 3.27. The van der Waals surface area contributed by atoms with E-state index < -0.39 is 59.4 Å². The van der Waals surface area contributed by atoms with E-state index >= 15 is 0 Å². The molecule has 1 heterocycles. The minimum atomic E-state index is -6.50. The fourth-order valence-electron chi connectivity index (χ4n) is 1.63. The summed E-state index contributed by atoms with van der Waals surface area (Å²) in [5.74, 6) is -1.69. The molecule has 0 N–H and O–H groups in total. The normalized spacial score (nSPS) is 18.2. The first-order valence-electron chi connectivity index (χ1n) is 5.43. The van der Waals surface area contributed by atoms with Crippen LogP contribution in [0.3, 0.4) is 0 Å². The van der Waals surface area contributed by atoms with Gasteiger partial charge in [-0.1, -0.05) is 12.1 Å². The molecule has 1 amide bonds. The van der Waals surface area contributed by atoms with E-state index in [0.29, 0.717) is 0 Å². The van der Waals surface area contributed by atoms with Gasteiger partial charge in [0.05, 0.1) is 5.56 Å². The fraction of sp³-hybridized carbons (Fsp3) is 0.300. The number of hydrogen-bond acceptors (Lipinski definition) is 4. The number of sulfonamides is 1. The Balaban J connectivity index is 2.55. The molecule has 13 heteroatoms. The molecule has 0 saturated carbocycles. The monoisotopic (exact) mass is 383 g/mol. The van der Waals surface area contributed by atoms with Crippen molar-refractivity contribution in [3.05, 3.63) is 29.8 Å². The third kappa shape index (κ3) is 2.55. The zero-order valence-electron chi connectivity index (χ0n) is 10.4. The molecular weight excluding hydrogens is 379 g/mol. The van der Waals surface area contributed by atoms with Crippen LogP contribution in [0.25, 0.3) is 0 Å². The molecule has 0 aliphatic carbocycles. The molecular formula is C10H4F7NO3S2. The van der Waals surface area contributed by atoms with Gasteiger partial charge in [0.25, 0.3) is 15.9 Å². The predicted molar refractivity (Wildman–Crippen MR) is 63.3 cm³/mol. The molecule has 0 atom stereocenters. The number of benzene rings is 1. The van der Waals surface area contributed by atoms with Crippen molar-refractivity contribution in [2.24, 2.45) is 0 Å². The molecule has 23 heavy (non-hydrogen) atoms. The van der Waals surface area contributed by atoms with Gasteiger partial charge in [-0.15, -0.1) is 0 Å². The summed E-state index contributed by atoms with van der Waals surface area (Å²) in [4.78, 5) is 11.0. The summed E-state index contributed by atoms with van der Waals surface area (Å²) in [7, 11) is -5.04. The van der Waals surface area contributed by atoms with Crippen molar-refractivity contribution < 1.29 is 43.9 Å². The maximum absolute atomic E-state index is 13.7. The molecule has 1 aliphatic rings. The first kappa shape index (κ1) is 17.8. The van der Waals surface area contributed by atoms with Gasteiger partial charge < -0.3 is 0 Å². The standard InChI is InChI=1S/C10H4F7NO3S2/c11-8(9(12,13)14,10(15,16)17)22-18-7(19)5-3-1-2-4-6(5)23(18,20)21/h1-4H. The van der Waals surface area contributed by atoms with Crippen LogP contribution in [0.2, 0.25) is 0 Å². The third-order valence-electron chi connectivity index (χ3n) is 2.72. The molecule has 0 spiro atoms. The van der Waals surface area contributed by atoms with Crippen LogP contribution in [-0.4, -0.2) is 35.4 Å². The lowest BCUT2D eigenvalue weighted by Gasteiger charge is -2.31. The number of halogens is 7. The lowest BCUT2D eigenvalue weighted by Crippen LogP contribution is -2.52. The highest BCUT2D eigenvalue weighted by Gasteiger charge is 2.75. The van der Waals surface area contributed by atoms with Crippen LogP contribution in [0.1, 0.15) is 10.4 Å². The molecule has 0 radical (unpaired) electrons. The van der Waals surface area contributed by atoms with Crippen molar-refractivity contribution in [3.63, 3.8) is 0 Å². The molecule has 0 unspecified atom stereocenters. The Morgan fingerprint density at radius 3 is 1.83 bits per heavy atom. The Bertz CT molecular complexity index is 742. The van der Waals surface area contributed by atoms with E-state index in [1.165, 1.54) is 0 Å². The summed E-state index contributed by atoms with van der Waals surface area (Å²) in [6, 6.07) is 3.95. The number of carbonyl (C=O) groups is 1. The summed E-state index contributed by atoms with van der Waals surface area (Å²) in [5, 5.41) is -5.97. The van der Waals surface area contributed by atoms with E-state index in [1.807, 2.05) is 0 Å². The molecule has 2 rings (SSSR count). The van der Waals surface area contributed by atoms with Gasteiger partial charge in [-0.2, -0.15) is 30.1 Å². The molecule has 0 aromatic heterocycles. The minimum absolute atomic E-state index is 0.647. The van der Waals surface area contributed by atoms with Gasteiger partial charge in [-0.25, -0.2) is 12.8 Å². The highest BCUT2D eigenvalue weighted by atomic mass is 32.3. The average molecular weight is 383 g/mol. The maximum Gasteiger partial charge on any atom is 0.443 e. The Labute approximate surface area is 128 Å². The molecule has 1 aromatic rings. The highest BCUT2D eigenvalue weighted by molar-refractivity contribution is 8.10. The molecule has 1 aromatic carbocycles. The van der Waals surface area contributed by atoms with Gasteiger partial charge in [-0.05, 0) is 12.1 Å². The molecule has 1 aliphatic heterocycles. The fourth-order valence-corrected chi connectivity index (χ4v) is 4.37. The van der Waals surface area contributed by atoms with Gasteiger partial charge in [-0.3, -0.25) is 4.79 Å². The minimum Gasteiger partial charge on any atom is -0.267 e. The third-order valence-corrected chi connectivity index (χ3v) is 6.09. The summed E-state index contributed by atoms with van der Waals surface area (Å²) >= 11 is -1.78. The van der Waals surface area contributed by atoms with Gasteiger partial charge in [0, 0.05) is 11.9 Å². The number of rotatable bonds is 2. The van der Waals surface area contributed by atoms with E-state index in [2.05, 4.69) is 0 Å². The van der Waals surface area contributed by atoms with Gasteiger partial charge in [0.2, 0.25) is 0 Å². The highest BCUT2D eigenvalue weighted by Crippen LogP contribution is 2.56. The number of nitrogens with zero attached hydrogens (tertiary/aromatic N) is 1. The first-order chi connectivity index (χ1) is 10.2. The van der Waals surface area contributed by atoms with Gasteiger partial charge >= 0.3 is 17.4 Å². The zero-order valence-corrected chi connectivity index (χ0v) is 12.1. The molecule has 128 valence electrons. The summed E-state index contributed by atoms with van der Waals surface area (Å²) in [5.41, 5.74) is -0.647. The average Bonchev–Trinajstić information content (AvgIpc) is 2.58. The topological polar surface area (TPSA) is 54.5 Å². The molecule has 0 fully saturated rings. The summed E-state index contributed by atoms with van der Waals surface area (Å²) < 4.78 is 112. The van der Waals surface area contributed by atoms with Gasteiger partial charge in [0.1, 0.15) is 4.90 Å². The molecule has 4 nitrogen and oxygen atoms in total. The van der Waals surface area contributed by atoms with Crippen molar-refractivity contribution in [2.75, 3.05) is 0 Å². The SMILES string of the molecule is O=C1c2ccccc2S(=O)(=O)N1SC(F)(C(F)(F)F)C(F)(F)F. The Morgan fingerprint density at radius 2 is 1.39 bits per heavy atom. The smallest absolute Gasteiger partial charge is 0.267 e. The second-order valence-corrected chi connectivity index (χ2v) is 7.31. The number of hydrogen-bond donors (Lipinski definition) is 0. The van der Waals surface area contributed by atoms with E-state index in [9.17, 15) is 43.9 Å². The van der Waals surface area contributed by atoms with E-state index in [0.717, 1.165) is 24.3 Å². The van der Waals surface area contributed by atoms with Crippen LogP contribution in [0, 0.1) is 0 Å². The van der Waals surface area contributed by atoms with Crippen LogP contribution in [0.4, 0.5) is 30.7 Å². The van der Waals surface area contributed by atoms with Crippen molar-refractivity contribution in [2.45, 2.75) is 22.2 Å². The van der Waals surface area contributed by atoms with Gasteiger partial charge in [0.15, 0.2) is 0 Å². The number of alkyl halides is 7. The van der Waals surface area contributed by atoms with Crippen LogP contribution >= 0.6 is 11.9 Å². The lowest BCUT2D eigenvalue weighted by atomic mass is 10.2. The van der Waals surface area contributed by atoms with Crippen molar-refractivity contribution in [1.29, 1.82) is 0 Å². The van der Waals surface area contributed by atoms with E-state index in [1.54, 1.807) is 0 Å². The van der Waals surface area contributed by atoms with Crippen molar-refractivity contribution in [3.8, 4) is 0 Å². The zero-order chi connectivity index (χ0) is 17.8. The Hall–Kier alpha value is -1.50. The Morgan fingerprint density at radius 1 is 0.913 bits per heavy atom. The number of fused-ring (bicyclic) bond motifs is 1. The summed E-state index contributed by atoms with van der Waals surface area (Å²) in [6.07, 6.45) is -13.0. The maximum atomic E-state index is 13.7. The van der Waals surface area contributed by atoms with Crippen molar-refractivity contribution in [1.82, 2.24) is 3.71 Å². The van der Waals surface area contributed by atoms with Crippen molar-refractivity contribution >= 4 is 27.9 Å². The quantitative estimate of drug-likeness (QED) is 0.581. The number of carbonyl (C=O) groups excluding carboxylic acids is 1. The molecule has 0 saturated heterocycles. The largest absolute Gasteiger partial charge is 0.443 e. The van der Waals surface area contributed by atoms with Crippen LogP contribution < -0.4 is 0 Å². The van der Waals surface area contributed by atoms with E-state index in [4.69, 9.17) is 0 Å². The summed E-state index contributed by atoms with van der Waals surface area (Å²) in [6.45, 7) is 0. The second kappa shape index (κ2) is 5.00. The van der Waals surface area contributed by atoms with Crippen LogP contribution in [0.15, 0.2) is 29.2 Å².